The van der Waals surface area contributed by atoms with E-state index in [2.05, 4.69) is 20.7 Å². The Morgan fingerprint density at radius 2 is 1.81 bits per heavy atom. The number of rotatable bonds is 4. The number of nitrogens with one attached hydrogen (secondary N) is 1. The van der Waals surface area contributed by atoms with Crippen molar-refractivity contribution in [3.05, 3.63) is 58.1 Å². The van der Waals surface area contributed by atoms with Gasteiger partial charge in [-0.25, -0.2) is 8.42 Å². The first kappa shape index (κ1) is 15.5. The summed E-state index contributed by atoms with van der Waals surface area (Å²) in [7, 11) is -3.83. The molecular formula is C14H13BrN2O3S. The SMILES string of the molecule is Cc1cccc(C(N)=O)c1NS(=O)(=O)c1ccccc1Br. The molecule has 0 aliphatic rings. The first-order valence-electron chi connectivity index (χ1n) is 5.99. The minimum atomic E-state index is -3.83. The molecule has 7 heteroatoms. The number of hydrogen-bond donors (Lipinski definition) is 2. The molecule has 0 atom stereocenters. The number of carbonyl (C=O) groups excluding carboxylic acids is 1. The minimum Gasteiger partial charge on any atom is -0.366 e. The zero-order valence-electron chi connectivity index (χ0n) is 11.1. The van der Waals surface area contributed by atoms with Crippen LogP contribution in [0.5, 0.6) is 0 Å². The van der Waals surface area contributed by atoms with Crippen LogP contribution in [0.4, 0.5) is 5.69 Å². The van der Waals surface area contributed by atoms with Crippen LogP contribution in [-0.4, -0.2) is 14.3 Å². The zero-order chi connectivity index (χ0) is 15.6. The molecule has 0 saturated carbocycles. The second-order valence-electron chi connectivity index (χ2n) is 4.40. The van der Waals surface area contributed by atoms with Crippen LogP contribution in [0.3, 0.4) is 0 Å². The second-order valence-corrected chi connectivity index (χ2v) is 6.90. The first-order chi connectivity index (χ1) is 9.83. The largest absolute Gasteiger partial charge is 0.366 e. The predicted octanol–water partition coefficient (Wildman–Crippen LogP) is 2.66. The van der Waals surface area contributed by atoms with Crippen molar-refractivity contribution >= 4 is 37.5 Å². The van der Waals surface area contributed by atoms with E-state index in [-0.39, 0.29) is 16.1 Å². The monoisotopic (exact) mass is 368 g/mol. The molecule has 2 aromatic rings. The van der Waals surface area contributed by atoms with Crippen molar-refractivity contribution in [3.8, 4) is 0 Å². The molecule has 2 rings (SSSR count). The van der Waals surface area contributed by atoms with E-state index < -0.39 is 15.9 Å². The highest BCUT2D eigenvalue weighted by atomic mass is 79.9. The van der Waals surface area contributed by atoms with Gasteiger partial charge in [-0.15, -0.1) is 0 Å². The van der Waals surface area contributed by atoms with Crippen molar-refractivity contribution in [1.82, 2.24) is 0 Å². The minimum absolute atomic E-state index is 0.0867. The van der Waals surface area contributed by atoms with E-state index in [0.717, 1.165) is 0 Å². The third kappa shape index (κ3) is 3.25. The Hall–Kier alpha value is -1.86. The number of aryl methyl sites for hydroxylation is 1. The van der Waals surface area contributed by atoms with Crippen molar-refractivity contribution in [2.75, 3.05) is 4.72 Å². The lowest BCUT2D eigenvalue weighted by atomic mass is 10.1. The van der Waals surface area contributed by atoms with Crippen LogP contribution in [0.25, 0.3) is 0 Å². The molecule has 0 aliphatic heterocycles. The highest BCUT2D eigenvalue weighted by molar-refractivity contribution is 9.10. The predicted molar refractivity (Wildman–Crippen MR) is 84.6 cm³/mol. The van der Waals surface area contributed by atoms with Crippen molar-refractivity contribution in [2.45, 2.75) is 11.8 Å². The lowest BCUT2D eigenvalue weighted by Crippen LogP contribution is -2.19. The summed E-state index contributed by atoms with van der Waals surface area (Å²) in [5.74, 6) is -0.691. The van der Waals surface area contributed by atoms with Gasteiger partial charge in [0.15, 0.2) is 0 Å². The van der Waals surface area contributed by atoms with E-state index >= 15 is 0 Å². The Morgan fingerprint density at radius 3 is 2.43 bits per heavy atom. The molecule has 0 bridgehead atoms. The van der Waals surface area contributed by atoms with Crippen molar-refractivity contribution in [3.63, 3.8) is 0 Å². The molecule has 0 heterocycles. The van der Waals surface area contributed by atoms with Gasteiger partial charge in [0.1, 0.15) is 4.90 Å². The Bertz CT molecular complexity index is 804. The van der Waals surface area contributed by atoms with Crippen LogP contribution >= 0.6 is 15.9 Å². The zero-order valence-corrected chi connectivity index (χ0v) is 13.5. The standard InChI is InChI=1S/C14H13BrN2O3S/c1-9-5-4-6-10(14(16)18)13(9)17-21(19,20)12-8-3-2-7-11(12)15/h2-8,17H,1H3,(H2,16,18). The van der Waals surface area contributed by atoms with Gasteiger partial charge in [-0.3, -0.25) is 9.52 Å². The topological polar surface area (TPSA) is 89.3 Å². The first-order valence-corrected chi connectivity index (χ1v) is 8.27. The fraction of sp³-hybridized carbons (Fsp3) is 0.0714. The fourth-order valence-electron chi connectivity index (χ4n) is 1.86. The van der Waals surface area contributed by atoms with E-state index in [1.165, 1.54) is 12.1 Å². The molecule has 0 fully saturated rings. The summed E-state index contributed by atoms with van der Waals surface area (Å²) < 4.78 is 27.8. The van der Waals surface area contributed by atoms with Gasteiger partial charge in [0.25, 0.3) is 15.9 Å². The smallest absolute Gasteiger partial charge is 0.263 e. The number of sulfonamides is 1. The van der Waals surface area contributed by atoms with Gasteiger partial charge in [0, 0.05) is 4.47 Å². The normalized spacial score (nSPS) is 11.1. The highest BCUT2D eigenvalue weighted by Crippen LogP contribution is 2.27. The highest BCUT2D eigenvalue weighted by Gasteiger charge is 2.21. The van der Waals surface area contributed by atoms with E-state index in [4.69, 9.17) is 5.73 Å². The van der Waals surface area contributed by atoms with Crippen LogP contribution < -0.4 is 10.5 Å². The summed E-state index contributed by atoms with van der Waals surface area (Å²) in [6, 6.07) is 11.2. The Morgan fingerprint density at radius 1 is 1.14 bits per heavy atom. The summed E-state index contributed by atoms with van der Waals surface area (Å²) in [5, 5.41) is 0. The van der Waals surface area contributed by atoms with Gasteiger partial charge >= 0.3 is 0 Å². The van der Waals surface area contributed by atoms with Crippen LogP contribution in [0.15, 0.2) is 51.8 Å². The summed E-state index contributed by atoms with van der Waals surface area (Å²) >= 11 is 3.20. The van der Waals surface area contributed by atoms with Crippen LogP contribution in [-0.2, 0) is 10.0 Å². The number of amides is 1. The van der Waals surface area contributed by atoms with Gasteiger partial charge in [-0.1, -0.05) is 24.3 Å². The van der Waals surface area contributed by atoms with Crippen LogP contribution in [0.2, 0.25) is 0 Å². The van der Waals surface area contributed by atoms with E-state index in [1.54, 1.807) is 37.3 Å². The van der Waals surface area contributed by atoms with Gasteiger partial charge in [0.2, 0.25) is 0 Å². The molecule has 2 aromatic carbocycles. The molecule has 0 spiro atoms. The molecule has 1 amide bonds. The molecule has 5 nitrogen and oxygen atoms in total. The molecule has 0 saturated heterocycles. The van der Waals surface area contributed by atoms with Gasteiger partial charge in [-0.2, -0.15) is 0 Å². The van der Waals surface area contributed by atoms with E-state index in [1.807, 2.05) is 0 Å². The van der Waals surface area contributed by atoms with Crippen molar-refractivity contribution in [2.24, 2.45) is 5.73 Å². The number of nitrogens with two attached hydrogens (primary N) is 1. The van der Waals surface area contributed by atoms with Gasteiger partial charge in [0.05, 0.1) is 11.3 Å². The molecule has 0 aliphatic carbocycles. The Labute approximate surface area is 131 Å². The number of para-hydroxylation sites is 1. The average Bonchev–Trinajstić information content (AvgIpc) is 2.41. The fourth-order valence-corrected chi connectivity index (χ4v) is 4.02. The number of hydrogen-bond acceptors (Lipinski definition) is 3. The number of halogens is 1. The quantitative estimate of drug-likeness (QED) is 0.868. The van der Waals surface area contributed by atoms with Crippen molar-refractivity contribution in [1.29, 1.82) is 0 Å². The molecule has 0 unspecified atom stereocenters. The maximum Gasteiger partial charge on any atom is 0.263 e. The number of carbonyl (C=O) groups is 1. The molecule has 110 valence electrons. The third-order valence-electron chi connectivity index (χ3n) is 2.90. The summed E-state index contributed by atoms with van der Waals surface area (Å²) in [4.78, 5) is 11.5. The lowest BCUT2D eigenvalue weighted by molar-refractivity contribution is 0.100. The molecule has 0 radical (unpaired) electrons. The average molecular weight is 369 g/mol. The van der Waals surface area contributed by atoms with Gasteiger partial charge < -0.3 is 5.73 Å². The number of anilines is 1. The van der Waals surface area contributed by atoms with E-state index in [9.17, 15) is 13.2 Å². The maximum absolute atomic E-state index is 12.5. The third-order valence-corrected chi connectivity index (χ3v) is 5.26. The van der Waals surface area contributed by atoms with Gasteiger partial charge in [-0.05, 0) is 46.6 Å². The Balaban J connectivity index is 2.52. The molecular weight excluding hydrogens is 356 g/mol. The molecule has 0 aromatic heterocycles. The van der Waals surface area contributed by atoms with E-state index in [0.29, 0.717) is 10.0 Å². The summed E-state index contributed by atoms with van der Waals surface area (Å²) in [5.41, 5.74) is 6.23. The van der Waals surface area contributed by atoms with Crippen molar-refractivity contribution < 1.29 is 13.2 Å². The lowest BCUT2D eigenvalue weighted by Gasteiger charge is -2.14. The number of benzene rings is 2. The second kappa shape index (κ2) is 5.87. The number of primary amides is 1. The Kier molecular flexibility index (Phi) is 4.34. The van der Waals surface area contributed by atoms with Crippen LogP contribution in [0, 0.1) is 6.92 Å². The van der Waals surface area contributed by atoms with Crippen LogP contribution in [0.1, 0.15) is 15.9 Å². The molecule has 3 N–H and O–H groups in total. The molecule has 21 heavy (non-hydrogen) atoms. The maximum atomic E-state index is 12.5. The summed E-state index contributed by atoms with van der Waals surface area (Å²) in [6.07, 6.45) is 0. The summed E-state index contributed by atoms with van der Waals surface area (Å²) in [6.45, 7) is 1.70.